The Morgan fingerprint density at radius 2 is 1.69 bits per heavy atom. The third-order valence-electron chi connectivity index (χ3n) is 14.7. The average Bonchev–Trinajstić information content (AvgIpc) is 4.07. The number of cyclic esters (lactones) is 1. The van der Waals surface area contributed by atoms with Crippen LogP contribution in [-0.4, -0.2) is 148 Å². The van der Waals surface area contributed by atoms with Crippen LogP contribution in [-0.2, 0) is 77.7 Å². The molecule has 0 unspecified atom stereocenters. The maximum Gasteiger partial charge on any atom is 0.407 e. The minimum Gasteiger partial charge on any atom is -0.458 e. The number of ether oxygens (including phenoxy) is 4. The second-order valence-corrected chi connectivity index (χ2v) is 20.5. The molecule has 1 aliphatic carbocycles. The molecule has 27 heteroatoms. The molecule has 7 amide bonds. The van der Waals surface area contributed by atoms with Crippen molar-refractivity contribution in [1.29, 1.82) is 0 Å². The van der Waals surface area contributed by atoms with Gasteiger partial charge in [-0.1, -0.05) is 20.8 Å². The van der Waals surface area contributed by atoms with E-state index >= 15 is 8.78 Å². The number of benzene rings is 1. The molecule has 0 spiro atoms. The van der Waals surface area contributed by atoms with Crippen LogP contribution in [0.5, 0.6) is 0 Å². The van der Waals surface area contributed by atoms with E-state index < -0.39 is 138 Å². The number of nitrogens with zero attached hydrogens (tertiary/aromatic N) is 2. The number of hydrogen-bond donors (Lipinski definition) is 10. The molecule has 3 aliphatic heterocycles. The Kier molecular flexibility index (Phi) is 17.6. The van der Waals surface area contributed by atoms with Gasteiger partial charge < -0.3 is 76.5 Å². The van der Waals surface area contributed by atoms with Crippen molar-refractivity contribution < 1.29 is 81.4 Å². The minimum atomic E-state index is -2.70. The molecule has 11 N–H and O–H groups in total. The van der Waals surface area contributed by atoms with E-state index in [0.717, 1.165) is 14.0 Å². The molecule has 2 aromatic heterocycles. The summed E-state index contributed by atoms with van der Waals surface area (Å²) in [4.78, 5) is 122. The lowest BCUT2D eigenvalue weighted by Gasteiger charge is -2.31. The Morgan fingerprint density at radius 1 is 0.987 bits per heavy atom. The molecular weight excluding hydrogens is 1030 g/mol. The zero-order valence-electron chi connectivity index (χ0n) is 44.0. The quantitative estimate of drug-likeness (QED) is 0.0274. The summed E-state index contributed by atoms with van der Waals surface area (Å²) >= 11 is 0. The Morgan fingerprint density at radius 3 is 2.36 bits per heavy atom. The highest BCUT2D eigenvalue weighted by Crippen LogP contribution is 2.46. The van der Waals surface area contributed by atoms with E-state index in [4.69, 9.17) is 24.9 Å². The smallest absolute Gasteiger partial charge is 0.407 e. The molecule has 424 valence electrons. The molecule has 5 heterocycles. The fourth-order valence-electron chi connectivity index (χ4n) is 10.2. The molecule has 78 heavy (non-hydrogen) atoms. The molecule has 7 rings (SSSR count). The Hall–Kier alpha value is -7.20. The van der Waals surface area contributed by atoms with Gasteiger partial charge in [-0.2, -0.15) is 0 Å². The predicted octanol–water partition coefficient (Wildman–Crippen LogP) is -0.920. The summed E-state index contributed by atoms with van der Waals surface area (Å²) in [5.74, 6) is -7.04. The van der Waals surface area contributed by atoms with Crippen LogP contribution in [0.3, 0.4) is 0 Å². The molecule has 1 fully saturated rings. The van der Waals surface area contributed by atoms with Crippen molar-refractivity contribution in [2.24, 2.45) is 11.7 Å². The summed E-state index contributed by atoms with van der Waals surface area (Å²) in [5.41, 5.74) is 2.73. The van der Waals surface area contributed by atoms with Crippen molar-refractivity contribution in [2.75, 3.05) is 27.0 Å². The number of amides is 7. The molecule has 0 saturated carbocycles. The molecule has 1 saturated heterocycles. The summed E-state index contributed by atoms with van der Waals surface area (Å²) < 4.78 is 53.8. The van der Waals surface area contributed by atoms with Crippen molar-refractivity contribution in [1.82, 2.24) is 41.5 Å². The lowest BCUT2D eigenvalue weighted by Crippen LogP contribution is -2.58. The second-order valence-electron chi connectivity index (χ2n) is 20.5. The lowest BCUT2D eigenvalue weighted by molar-refractivity contribution is -0.172. The number of alkyl carbamates (subject to hydrolysis) is 1. The lowest BCUT2D eigenvalue weighted by atomic mass is 9.81. The number of methoxy groups -OCH3 is 1. The molecule has 0 bridgehead atoms. The van der Waals surface area contributed by atoms with E-state index in [1.807, 2.05) is 0 Å². The number of rotatable bonds is 21. The maximum absolute atomic E-state index is 16.3. The highest BCUT2D eigenvalue weighted by Gasteiger charge is 2.47. The number of aliphatic hydroxyl groups is 3. The molecule has 25 nitrogen and oxygen atoms in total. The Balaban J connectivity index is 0.938. The largest absolute Gasteiger partial charge is 0.458 e. The van der Waals surface area contributed by atoms with Crippen molar-refractivity contribution in [3.63, 3.8) is 0 Å². The van der Waals surface area contributed by atoms with Gasteiger partial charge in [-0.25, -0.2) is 23.4 Å². The molecule has 3 aromatic rings. The van der Waals surface area contributed by atoms with Crippen LogP contribution in [0.25, 0.3) is 22.3 Å². The number of fused-ring (bicyclic) bond motifs is 5. The summed E-state index contributed by atoms with van der Waals surface area (Å²) in [5, 5.41) is 47.3. The Bertz CT molecular complexity index is 2990. The number of nitrogens with two attached hydrogens (primary N) is 1. The first-order chi connectivity index (χ1) is 36.7. The van der Waals surface area contributed by atoms with E-state index in [0.29, 0.717) is 27.6 Å². The van der Waals surface area contributed by atoms with Crippen LogP contribution in [0, 0.1) is 18.7 Å². The SMILES string of the molecule is CC[C@@]1(O)C(=O)OCc2c1cc1n(c2=O)Cc2c-1nc1cc(F)c(C)c3c1c2[C@@H](NC(=O)[C@](C)(F)COCNC(=O)[C@H](C)NC(=O)[C@@H](NC(=O)[C@H](CCC(=O)NC[C@H]1O[C@@H](CC(N)=O)[C@H](O)[C@@H]1O)NC(=O)OC)C(C)C)CC3. The number of carbonyl (C=O) groups is 8. The number of alkyl halides is 1. The molecule has 4 aliphatic rings. The molecule has 0 radical (unpaired) electrons. The van der Waals surface area contributed by atoms with Gasteiger partial charge in [-0.3, -0.25) is 33.6 Å². The predicted molar refractivity (Wildman–Crippen MR) is 267 cm³/mol. The molecule has 1 aromatic carbocycles. The summed E-state index contributed by atoms with van der Waals surface area (Å²) in [6.45, 7) is 6.52. The van der Waals surface area contributed by atoms with Gasteiger partial charge in [0, 0.05) is 35.5 Å². The molecule has 10 atom stereocenters. The van der Waals surface area contributed by atoms with Crippen LogP contribution in [0.2, 0.25) is 0 Å². The van der Waals surface area contributed by atoms with Gasteiger partial charge in [0.25, 0.3) is 11.5 Å². The van der Waals surface area contributed by atoms with E-state index in [2.05, 4.69) is 36.6 Å². The standard InChI is InChI=1S/C51H65F2N9O16/c1-8-51(74)27-13-32-40-25(17-62(32)46(70)26(27)18-77-48(51)72)38-29(10-9-24-22(4)28(52)14-31(58-40)37(24)38)59-47(71)50(6,53)19-76-20-56-43(67)23(5)57-45(69)39(21(2)3)61-44(68)30(60-49(73)75-7)11-12-36(64)55-16-34-42(66)41(65)33(78-34)15-35(54)63/h13-14,21,23,29-30,33-34,39,41-42,65-66,74H,8-12,15-20H2,1-7H3,(H2,54,63)(H,55,64)(H,56,67)(H,57,69)(H,59,71)(H,60,73)(H,61,68)/t23-,29-,30-,33-,34+,39-,41-,42+,50+,51-/m0/s1. The van der Waals surface area contributed by atoms with E-state index in [-0.39, 0.29) is 86.3 Å². The normalized spacial score (nSPS) is 22.8. The number of aromatic nitrogens is 2. The summed E-state index contributed by atoms with van der Waals surface area (Å²) in [7, 11) is 1.04. The summed E-state index contributed by atoms with van der Waals surface area (Å²) in [6.07, 6.45) is -6.70. The van der Waals surface area contributed by atoms with Gasteiger partial charge in [0.15, 0.2) is 5.60 Å². The number of nitrogens with one attached hydrogen (secondary N) is 6. The van der Waals surface area contributed by atoms with Crippen molar-refractivity contribution in [3.8, 4) is 11.4 Å². The Labute approximate surface area is 445 Å². The number of aliphatic hydroxyl groups excluding tert-OH is 2. The maximum atomic E-state index is 16.3. The first-order valence-electron chi connectivity index (χ1n) is 25.4. The fraction of sp³-hybridized carbons (Fsp3) is 0.569. The van der Waals surface area contributed by atoms with E-state index in [9.17, 15) is 58.5 Å². The van der Waals surface area contributed by atoms with Crippen LogP contribution in [0.1, 0.15) is 106 Å². The van der Waals surface area contributed by atoms with E-state index in [1.54, 1.807) is 27.7 Å². The average molecular weight is 1100 g/mol. The van der Waals surface area contributed by atoms with Crippen molar-refractivity contribution >= 4 is 58.4 Å². The fourth-order valence-corrected chi connectivity index (χ4v) is 10.2. The van der Waals surface area contributed by atoms with Crippen LogP contribution in [0.15, 0.2) is 16.9 Å². The highest BCUT2D eigenvalue weighted by molar-refractivity contribution is 5.96. The van der Waals surface area contributed by atoms with Gasteiger partial charge in [-0.05, 0) is 75.1 Å². The summed E-state index contributed by atoms with van der Waals surface area (Å²) in [6, 6.07) is -2.07. The zero-order valence-corrected chi connectivity index (χ0v) is 44.0. The van der Waals surface area contributed by atoms with Crippen LogP contribution < -0.4 is 43.2 Å². The number of aryl methyl sites for hydroxylation is 1. The van der Waals surface area contributed by atoms with Gasteiger partial charge >= 0.3 is 12.1 Å². The van der Waals surface area contributed by atoms with Crippen molar-refractivity contribution in [2.45, 2.75) is 153 Å². The monoisotopic (exact) mass is 1100 g/mol. The first kappa shape index (κ1) is 58.5. The minimum absolute atomic E-state index is 0.0434. The van der Waals surface area contributed by atoms with Gasteiger partial charge in [0.05, 0.1) is 61.3 Å². The number of esters is 1. The van der Waals surface area contributed by atoms with E-state index in [1.165, 1.54) is 23.6 Å². The third kappa shape index (κ3) is 11.8. The zero-order chi connectivity index (χ0) is 57.3. The van der Waals surface area contributed by atoms with Gasteiger partial charge in [0.2, 0.25) is 35.2 Å². The van der Waals surface area contributed by atoms with Crippen LogP contribution >= 0.6 is 0 Å². The van der Waals surface area contributed by atoms with Crippen LogP contribution in [0.4, 0.5) is 13.6 Å². The number of halogens is 2. The number of hydrogen-bond acceptors (Lipinski definition) is 17. The van der Waals surface area contributed by atoms with Gasteiger partial charge in [0.1, 0.15) is 55.6 Å². The highest BCUT2D eigenvalue weighted by atomic mass is 19.1. The molecular formula is C51H65F2N9O16. The first-order valence-corrected chi connectivity index (χ1v) is 25.4. The van der Waals surface area contributed by atoms with Crippen molar-refractivity contribution in [3.05, 3.63) is 61.7 Å². The second kappa shape index (κ2) is 23.4. The van der Waals surface area contributed by atoms with Gasteiger partial charge in [-0.15, -0.1) is 0 Å². The topological polar surface area (TPSA) is 367 Å². The number of carbonyl (C=O) groups excluding carboxylic acids is 8. The number of pyridine rings is 2. The third-order valence-corrected chi connectivity index (χ3v) is 14.7. The number of primary amides is 1.